The Balaban J connectivity index is 3.27. The Bertz CT molecular complexity index is 1370. The van der Waals surface area contributed by atoms with Crippen LogP contribution >= 0.6 is 0 Å². The molecular weight excluding hydrogens is 1100 g/mol. The molecule has 0 aliphatic rings. The van der Waals surface area contributed by atoms with Crippen molar-refractivity contribution in [3.63, 3.8) is 0 Å². The van der Waals surface area contributed by atoms with Crippen LogP contribution in [0.2, 0.25) is 0 Å². The summed E-state index contributed by atoms with van der Waals surface area (Å²) in [5.74, 6) is 0.000245. The van der Waals surface area contributed by atoms with Gasteiger partial charge in [0.05, 0.1) is 25.4 Å². The number of hydrogen-bond acceptors (Lipinski definition) is 5. The average Bonchev–Trinajstić information content (AvgIpc) is 3.68. The van der Waals surface area contributed by atoms with Crippen LogP contribution in [-0.4, -0.2) is 47.4 Å². The maximum atomic E-state index is 12.5. The van der Waals surface area contributed by atoms with Crippen LogP contribution < -0.4 is 5.32 Å². The number of esters is 1. The van der Waals surface area contributed by atoms with Crippen molar-refractivity contribution in [3.05, 3.63) is 12.2 Å². The Morgan fingerprint density at radius 2 is 0.522 bits per heavy atom. The number of aliphatic hydroxyl groups excluding tert-OH is 2. The molecule has 2 atom stereocenters. The first-order valence-electron chi connectivity index (χ1n) is 41.9. The SMILES string of the molecule is CCCCCCCC/C=C\CCCCCCCCCCCC(=O)OCCCCCCCCCCCCCCCCCCCCCCCCCCCCCCCCCCCCCCCCCC(=O)NC(CO)C(O)CCCCCCCCCCCCCCCCC. The normalized spacial score (nSPS) is 12.4. The van der Waals surface area contributed by atoms with Crippen LogP contribution in [0.1, 0.15) is 489 Å². The van der Waals surface area contributed by atoms with Crippen LogP contribution in [0.15, 0.2) is 12.2 Å². The molecule has 0 aromatic carbocycles. The van der Waals surface area contributed by atoms with Crippen molar-refractivity contribution in [2.45, 2.75) is 501 Å². The fraction of sp³-hybridized carbons (Fsp3) is 0.952. The molecule has 0 rings (SSSR count). The molecule has 2 unspecified atom stereocenters. The molecule has 0 spiro atoms. The van der Waals surface area contributed by atoms with E-state index in [2.05, 4.69) is 31.3 Å². The van der Waals surface area contributed by atoms with E-state index in [1.54, 1.807) is 0 Å². The number of aliphatic hydroxyl groups is 2. The van der Waals surface area contributed by atoms with Crippen LogP contribution in [0.5, 0.6) is 0 Å². The first-order chi connectivity index (χ1) is 44.5. The number of rotatable bonds is 80. The first kappa shape index (κ1) is 88.6. The standard InChI is InChI=1S/C84H165NO5/c1-3-5-7-9-11-13-15-17-19-20-42-46-50-54-58-62-66-70-74-78-84(89)90-79-75-71-67-63-59-55-51-47-44-41-39-37-35-33-31-29-27-25-23-21-22-24-26-28-30-32-34-36-38-40-43-45-49-53-57-61-65-69-73-77-83(88)85-81(80-86)82(87)76-72-68-64-60-56-52-48-18-16-14-12-10-8-6-4-2/h17,19,81-82,86-87H,3-16,18,20-80H2,1-2H3,(H,85,88)/b19-17-. The molecule has 0 heterocycles. The number of carbonyl (C=O) groups excluding carboxylic acids is 2. The van der Waals surface area contributed by atoms with Gasteiger partial charge < -0.3 is 20.3 Å². The molecule has 3 N–H and O–H groups in total. The number of ether oxygens (including phenoxy) is 1. The second-order valence-electron chi connectivity index (χ2n) is 29.2. The fourth-order valence-electron chi connectivity index (χ4n) is 13.7. The van der Waals surface area contributed by atoms with Gasteiger partial charge in [-0.1, -0.05) is 437 Å². The predicted molar refractivity (Wildman–Crippen MR) is 398 cm³/mol. The van der Waals surface area contributed by atoms with Crippen molar-refractivity contribution in [3.8, 4) is 0 Å². The van der Waals surface area contributed by atoms with Crippen LogP contribution in [0.4, 0.5) is 0 Å². The summed E-state index contributed by atoms with van der Waals surface area (Å²) >= 11 is 0. The quantitative estimate of drug-likeness (QED) is 0.0320. The maximum absolute atomic E-state index is 12.5. The number of carbonyl (C=O) groups is 2. The molecule has 0 fully saturated rings. The summed E-state index contributed by atoms with van der Waals surface area (Å²) in [7, 11) is 0. The number of allylic oxidation sites excluding steroid dienone is 2. The lowest BCUT2D eigenvalue weighted by molar-refractivity contribution is -0.143. The Kier molecular flexibility index (Phi) is 78.8. The number of unbranched alkanes of at least 4 members (excludes halogenated alkanes) is 67. The van der Waals surface area contributed by atoms with Gasteiger partial charge in [-0.25, -0.2) is 0 Å². The van der Waals surface area contributed by atoms with Crippen molar-refractivity contribution in [1.82, 2.24) is 5.32 Å². The zero-order valence-corrected chi connectivity index (χ0v) is 61.7. The highest BCUT2D eigenvalue weighted by atomic mass is 16.5. The van der Waals surface area contributed by atoms with Gasteiger partial charge in [0.15, 0.2) is 0 Å². The monoisotopic (exact) mass is 1270 g/mol. The minimum atomic E-state index is -0.659. The highest BCUT2D eigenvalue weighted by Crippen LogP contribution is 2.21. The van der Waals surface area contributed by atoms with E-state index in [1.807, 2.05) is 0 Å². The van der Waals surface area contributed by atoms with Crippen LogP contribution in [0.3, 0.4) is 0 Å². The van der Waals surface area contributed by atoms with Gasteiger partial charge in [-0.3, -0.25) is 9.59 Å². The van der Waals surface area contributed by atoms with Gasteiger partial charge in [-0.2, -0.15) is 0 Å². The topological polar surface area (TPSA) is 95.9 Å². The smallest absolute Gasteiger partial charge is 0.305 e. The highest BCUT2D eigenvalue weighted by molar-refractivity contribution is 5.76. The summed E-state index contributed by atoms with van der Waals surface area (Å²) in [6, 6.07) is -0.536. The van der Waals surface area contributed by atoms with E-state index in [1.165, 1.54) is 417 Å². The second kappa shape index (κ2) is 80.0. The fourth-order valence-corrected chi connectivity index (χ4v) is 13.7. The lowest BCUT2D eigenvalue weighted by Gasteiger charge is -2.22. The van der Waals surface area contributed by atoms with Crippen molar-refractivity contribution in [1.29, 1.82) is 0 Å². The van der Waals surface area contributed by atoms with E-state index in [9.17, 15) is 19.8 Å². The average molecular weight is 1270 g/mol. The van der Waals surface area contributed by atoms with Gasteiger partial charge in [-0.15, -0.1) is 0 Å². The Morgan fingerprint density at radius 1 is 0.300 bits per heavy atom. The predicted octanol–water partition coefficient (Wildman–Crippen LogP) is 27.8. The summed E-state index contributed by atoms with van der Waals surface area (Å²) in [6.45, 7) is 5.00. The second-order valence-corrected chi connectivity index (χ2v) is 29.2. The molecule has 0 aromatic heterocycles. The lowest BCUT2D eigenvalue weighted by Crippen LogP contribution is -2.45. The van der Waals surface area contributed by atoms with E-state index >= 15 is 0 Å². The summed E-state index contributed by atoms with van der Waals surface area (Å²) in [6.07, 6.45) is 102. The molecule has 6 heteroatoms. The summed E-state index contributed by atoms with van der Waals surface area (Å²) < 4.78 is 5.52. The van der Waals surface area contributed by atoms with Gasteiger partial charge >= 0.3 is 5.97 Å². The van der Waals surface area contributed by atoms with Crippen LogP contribution in [-0.2, 0) is 14.3 Å². The van der Waals surface area contributed by atoms with Gasteiger partial charge in [0.2, 0.25) is 5.91 Å². The summed E-state index contributed by atoms with van der Waals surface area (Å²) in [5.41, 5.74) is 0. The lowest BCUT2D eigenvalue weighted by atomic mass is 10.0. The van der Waals surface area contributed by atoms with E-state index in [0.29, 0.717) is 25.9 Å². The minimum absolute atomic E-state index is 0.0247. The van der Waals surface area contributed by atoms with Gasteiger partial charge in [0, 0.05) is 12.8 Å². The number of nitrogens with one attached hydrogen (secondary N) is 1. The number of amides is 1. The number of hydrogen-bond donors (Lipinski definition) is 3. The largest absolute Gasteiger partial charge is 0.466 e. The zero-order valence-electron chi connectivity index (χ0n) is 61.7. The third kappa shape index (κ3) is 75.6. The molecule has 0 saturated heterocycles. The van der Waals surface area contributed by atoms with Crippen molar-refractivity contribution in [2.75, 3.05) is 13.2 Å². The molecule has 1 amide bonds. The van der Waals surface area contributed by atoms with Crippen molar-refractivity contribution >= 4 is 11.9 Å². The first-order valence-corrected chi connectivity index (χ1v) is 41.9. The van der Waals surface area contributed by atoms with Crippen molar-refractivity contribution < 1.29 is 24.5 Å². The minimum Gasteiger partial charge on any atom is -0.466 e. The van der Waals surface area contributed by atoms with E-state index < -0.39 is 12.1 Å². The van der Waals surface area contributed by atoms with E-state index in [0.717, 1.165) is 38.5 Å². The maximum Gasteiger partial charge on any atom is 0.305 e. The molecule has 0 aliphatic heterocycles. The molecule has 0 bridgehead atoms. The van der Waals surface area contributed by atoms with Gasteiger partial charge in [0.25, 0.3) is 0 Å². The summed E-state index contributed by atoms with van der Waals surface area (Å²) in [5, 5.41) is 23.4. The van der Waals surface area contributed by atoms with Crippen molar-refractivity contribution in [2.24, 2.45) is 0 Å². The summed E-state index contributed by atoms with van der Waals surface area (Å²) in [4.78, 5) is 24.7. The van der Waals surface area contributed by atoms with Crippen LogP contribution in [0, 0.1) is 0 Å². The van der Waals surface area contributed by atoms with Gasteiger partial charge in [-0.05, 0) is 51.4 Å². The third-order valence-corrected chi connectivity index (χ3v) is 20.1. The molecule has 90 heavy (non-hydrogen) atoms. The molecule has 0 aromatic rings. The highest BCUT2D eigenvalue weighted by Gasteiger charge is 2.20. The molecule has 536 valence electrons. The van der Waals surface area contributed by atoms with E-state index in [4.69, 9.17) is 4.74 Å². The zero-order chi connectivity index (χ0) is 64.9. The molecule has 0 saturated carbocycles. The molecule has 0 aliphatic carbocycles. The molecule has 0 radical (unpaired) electrons. The van der Waals surface area contributed by atoms with Crippen LogP contribution in [0.25, 0.3) is 0 Å². The van der Waals surface area contributed by atoms with E-state index in [-0.39, 0.29) is 18.5 Å². The molecule has 6 nitrogen and oxygen atoms in total. The Morgan fingerprint density at radius 3 is 0.789 bits per heavy atom. The Labute approximate surface area is 565 Å². The van der Waals surface area contributed by atoms with Gasteiger partial charge in [0.1, 0.15) is 0 Å². The third-order valence-electron chi connectivity index (χ3n) is 20.1. The molecular formula is C84H165NO5. The Hall–Kier alpha value is -1.40.